The van der Waals surface area contributed by atoms with E-state index < -0.39 is 0 Å². The molecule has 160 valence electrons. The molecule has 0 fully saturated rings. The largest absolute Gasteiger partial charge is 0.382 e. The molecule has 0 aliphatic heterocycles. The summed E-state index contributed by atoms with van der Waals surface area (Å²) in [6.45, 7) is 7.99. The van der Waals surface area contributed by atoms with Crippen molar-refractivity contribution < 1.29 is 0 Å². The van der Waals surface area contributed by atoms with Gasteiger partial charge >= 0.3 is 0 Å². The Hall–Kier alpha value is -2.67. The maximum absolute atomic E-state index is 6.21. The first kappa shape index (κ1) is 22.0. The van der Waals surface area contributed by atoms with Crippen LogP contribution >= 0.6 is 12.2 Å². The van der Waals surface area contributed by atoms with Crippen LogP contribution in [0.3, 0.4) is 0 Å². The zero-order chi connectivity index (χ0) is 21.7. The normalized spacial score (nSPS) is 11.2. The van der Waals surface area contributed by atoms with Crippen LogP contribution in [0.25, 0.3) is 11.0 Å². The summed E-state index contributed by atoms with van der Waals surface area (Å²) in [5, 5.41) is 0.406. The maximum atomic E-state index is 6.21. The van der Waals surface area contributed by atoms with Gasteiger partial charge in [0.2, 0.25) is 0 Å². The number of pyridine rings is 1. The molecule has 0 unspecified atom stereocenters. The highest BCUT2D eigenvalue weighted by atomic mass is 32.1. The molecule has 0 saturated carbocycles. The van der Waals surface area contributed by atoms with Crippen molar-refractivity contribution in [1.29, 1.82) is 0 Å². The molecule has 3 rings (SSSR count). The molecule has 4 N–H and O–H groups in total. The van der Waals surface area contributed by atoms with Crippen LogP contribution in [0.15, 0.2) is 30.3 Å². The highest BCUT2D eigenvalue weighted by Crippen LogP contribution is 2.27. The van der Waals surface area contributed by atoms with Crippen molar-refractivity contribution in [2.45, 2.75) is 59.4 Å². The molecular weight excluding hydrogens is 392 g/mol. The van der Waals surface area contributed by atoms with Gasteiger partial charge in [-0.05, 0) is 63.0 Å². The SMILES string of the molecule is CCCCc1nc2c(N)nc(C)c(C)c2n1CCCCN(C(N)=S)c1ccccc1. The van der Waals surface area contributed by atoms with E-state index >= 15 is 0 Å². The number of fused-ring (bicyclic) bond motifs is 1. The van der Waals surface area contributed by atoms with Gasteiger partial charge in [-0.25, -0.2) is 9.97 Å². The van der Waals surface area contributed by atoms with E-state index in [1.165, 1.54) is 0 Å². The third-order valence-electron chi connectivity index (χ3n) is 5.58. The standard InChI is InChI=1S/C23H32N6S/c1-4-5-13-19-27-20-21(16(2)17(3)26-22(20)24)29(19)15-10-9-14-28(23(25)30)18-11-7-6-8-12-18/h6-8,11-12H,4-5,9-10,13-15H2,1-3H3,(H2,24,26)(H2,25,30). The zero-order valence-corrected chi connectivity index (χ0v) is 19.0. The quantitative estimate of drug-likeness (QED) is 0.388. The van der Waals surface area contributed by atoms with Crippen molar-refractivity contribution in [2.75, 3.05) is 17.2 Å². The Morgan fingerprint density at radius 1 is 1.10 bits per heavy atom. The number of aryl methyl sites for hydroxylation is 4. The Kier molecular flexibility index (Phi) is 7.26. The second kappa shape index (κ2) is 9.89. The lowest BCUT2D eigenvalue weighted by atomic mass is 10.2. The zero-order valence-electron chi connectivity index (χ0n) is 18.2. The van der Waals surface area contributed by atoms with Gasteiger partial charge in [-0.1, -0.05) is 31.5 Å². The van der Waals surface area contributed by atoms with Crippen LogP contribution in [0.5, 0.6) is 0 Å². The van der Waals surface area contributed by atoms with E-state index in [1.54, 1.807) is 0 Å². The van der Waals surface area contributed by atoms with Crippen molar-refractivity contribution in [3.63, 3.8) is 0 Å². The van der Waals surface area contributed by atoms with Crippen LogP contribution in [0.2, 0.25) is 0 Å². The van der Waals surface area contributed by atoms with E-state index in [1.807, 2.05) is 42.2 Å². The van der Waals surface area contributed by atoms with E-state index in [2.05, 4.69) is 23.4 Å². The molecule has 0 radical (unpaired) electrons. The molecule has 0 aliphatic rings. The summed E-state index contributed by atoms with van der Waals surface area (Å²) >= 11 is 5.27. The van der Waals surface area contributed by atoms with Gasteiger partial charge in [-0.2, -0.15) is 0 Å². The molecule has 30 heavy (non-hydrogen) atoms. The Labute approximate surface area is 184 Å². The van der Waals surface area contributed by atoms with Gasteiger partial charge in [0.25, 0.3) is 0 Å². The van der Waals surface area contributed by atoms with Crippen molar-refractivity contribution in [2.24, 2.45) is 5.73 Å². The predicted molar refractivity (Wildman–Crippen MR) is 130 cm³/mol. The molecule has 3 aromatic rings. The summed E-state index contributed by atoms with van der Waals surface area (Å²) in [5.41, 5.74) is 17.3. The van der Waals surface area contributed by atoms with Crippen molar-refractivity contribution in [1.82, 2.24) is 14.5 Å². The summed E-state index contributed by atoms with van der Waals surface area (Å²) < 4.78 is 2.35. The number of unbranched alkanes of at least 4 members (excludes halogenated alkanes) is 2. The van der Waals surface area contributed by atoms with E-state index in [-0.39, 0.29) is 0 Å². The lowest BCUT2D eigenvalue weighted by Crippen LogP contribution is -2.36. The number of rotatable bonds is 9. The van der Waals surface area contributed by atoms with Crippen LogP contribution < -0.4 is 16.4 Å². The van der Waals surface area contributed by atoms with Gasteiger partial charge in [-0.3, -0.25) is 0 Å². The van der Waals surface area contributed by atoms with Gasteiger partial charge in [-0.15, -0.1) is 0 Å². The van der Waals surface area contributed by atoms with Crippen LogP contribution in [-0.4, -0.2) is 26.2 Å². The van der Waals surface area contributed by atoms with Gasteiger partial charge < -0.3 is 20.9 Å². The number of nitrogens with zero attached hydrogens (tertiary/aromatic N) is 4. The van der Waals surface area contributed by atoms with Crippen LogP contribution in [-0.2, 0) is 13.0 Å². The lowest BCUT2D eigenvalue weighted by Gasteiger charge is -2.23. The van der Waals surface area contributed by atoms with Crippen molar-refractivity contribution >= 4 is 39.9 Å². The summed E-state index contributed by atoms with van der Waals surface area (Å²) in [6, 6.07) is 10.1. The van der Waals surface area contributed by atoms with E-state index in [0.717, 1.165) is 79.0 Å². The summed E-state index contributed by atoms with van der Waals surface area (Å²) in [4.78, 5) is 11.3. The van der Waals surface area contributed by atoms with Crippen molar-refractivity contribution in [3.8, 4) is 0 Å². The van der Waals surface area contributed by atoms with Gasteiger partial charge in [0.15, 0.2) is 10.9 Å². The van der Waals surface area contributed by atoms with Crippen LogP contribution in [0, 0.1) is 13.8 Å². The molecule has 0 amide bonds. The molecule has 0 atom stereocenters. The number of hydrogen-bond acceptors (Lipinski definition) is 4. The minimum Gasteiger partial charge on any atom is -0.382 e. The average molecular weight is 425 g/mol. The summed E-state index contributed by atoms with van der Waals surface area (Å²) in [6.07, 6.45) is 5.16. The second-order valence-corrected chi connectivity index (χ2v) is 8.14. The lowest BCUT2D eigenvalue weighted by molar-refractivity contribution is 0.591. The summed E-state index contributed by atoms with van der Waals surface area (Å²) in [7, 11) is 0. The molecule has 0 spiro atoms. The van der Waals surface area contributed by atoms with E-state index in [0.29, 0.717) is 10.9 Å². The van der Waals surface area contributed by atoms with Crippen molar-refractivity contribution in [3.05, 3.63) is 47.4 Å². The molecule has 0 bridgehead atoms. The molecule has 2 heterocycles. The van der Waals surface area contributed by atoms with Gasteiger partial charge in [0.1, 0.15) is 11.3 Å². The Morgan fingerprint density at radius 2 is 1.83 bits per heavy atom. The fraction of sp³-hybridized carbons (Fsp3) is 0.435. The number of aromatic nitrogens is 3. The fourth-order valence-electron chi connectivity index (χ4n) is 3.83. The Balaban J connectivity index is 1.78. The first-order valence-electron chi connectivity index (χ1n) is 10.7. The number of nitrogen functional groups attached to an aromatic ring is 1. The molecule has 6 nitrogen and oxygen atoms in total. The first-order valence-corrected chi connectivity index (χ1v) is 11.1. The molecule has 7 heteroatoms. The van der Waals surface area contributed by atoms with Gasteiger partial charge in [0, 0.05) is 30.9 Å². The number of para-hydroxylation sites is 1. The minimum absolute atomic E-state index is 0.406. The minimum atomic E-state index is 0.406. The first-order chi connectivity index (χ1) is 14.4. The predicted octanol–water partition coefficient (Wildman–Crippen LogP) is 4.50. The topological polar surface area (TPSA) is 86.0 Å². The van der Waals surface area contributed by atoms with Crippen LogP contribution in [0.1, 0.15) is 49.7 Å². The highest BCUT2D eigenvalue weighted by Gasteiger charge is 2.17. The Morgan fingerprint density at radius 3 is 2.50 bits per heavy atom. The number of hydrogen-bond donors (Lipinski definition) is 2. The molecular formula is C23H32N6S. The molecule has 0 aliphatic carbocycles. The number of anilines is 2. The summed E-state index contributed by atoms with van der Waals surface area (Å²) in [5.74, 6) is 1.62. The monoisotopic (exact) mass is 424 g/mol. The number of benzene rings is 1. The highest BCUT2D eigenvalue weighted by molar-refractivity contribution is 7.80. The van der Waals surface area contributed by atoms with E-state index in [4.69, 9.17) is 28.7 Å². The van der Waals surface area contributed by atoms with E-state index in [9.17, 15) is 0 Å². The fourth-order valence-corrected chi connectivity index (χ4v) is 4.02. The Bertz CT molecular complexity index is 1010. The number of nitrogens with two attached hydrogens (primary N) is 2. The smallest absolute Gasteiger partial charge is 0.170 e. The molecule has 1 aromatic carbocycles. The second-order valence-electron chi connectivity index (χ2n) is 7.72. The number of imidazole rings is 1. The van der Waals surface area contributed by atoms with Gasteiger partial charge in [0.05, 0.1) is 5.52 Å². The van der Waals surface area contributed by atoms with Crippen LogP contribution in [0.4, 0.5) is 11.5 Å². The maximum Gasteiger partial charge on any atom is 0.170 e. The third-order valence-corrected chi connectivity index (χ3v) is 5.80. The third kappa shape index (κ3) is 4.73. The molecule has 0 saturated heterocycles. The average Bonchev–Trinajstić information content (AvgIpc) is 3.10. The molecule has 2 aromatic heterocycles. The number of thiocarbonyl (C=S) groups is 1.